The molecule has 1 saturated heterocycles. The minimum Gasteiger partial charge on any atom is -0.467 e. The Labute approximate surface area is 200 Å². The SMILES string of the molecule is CCCC(=O)C[C@@H]1C(=O)C[C@H]2CN(C(=O)c3ccccc3)[C@@](Cc3ccccc3)(C(=O)OC)[C@H]21. The molecule has 2 aromatic carbocycles. The van der Waals surface area contributed by atoms with E-state index in [0.29, 0.717) is 18.4 Å². The number of carbonyl (C=O) groups is 4. The molecule has 0 spiro atoms. The van der Waals surface area contributed by atoms with E-state index in [1.54, 1.807) is 29.2 Å². The van der Waals surface area contributed by atoms with Crippen molar-refractivity contribution in [3.05, 3.63) is 71.8 Å². The van der Waals surface area contributed by atoms with Gasteiger partial charge in [0.25, 0.3) is 5.91 Å². The lowest BCUT2D eigenvalue weighted by molar-refractivity contribution is -0.156. The highest BCUT2D eigenvalue weighted by molar-refractivity contribution is 6.00. The molecule has 6 nitrogen and oxygen atoms in total. The second-order valence-corrected chi connectivity index (χ2v) is 9.42. The molecular formula is C28H31NO5. The molecule has 2 aliphatic rings. The Morgan fingerprint density at radius 3 is 2.29 bits per heavy atom. The molecule has 1 aliphatic carbocycles. The Morgan fingerprint density at radius 1 is 1.03 bits per heavy atom. The summed E-state index contributed by atoms with van der Waals surface area (Å²) in [5, 5.41) is 0. The predicted molar refractivity (Wildman–Crippen MR) is 127 cm³/mol. The summed E-state index contributed by atoms with van der Waals surface area (Å²) in [6, 6.07) is 18.4. The van der Waals surface area contributed by atoms with E-state index < -0.39 is 23.3 Å². The molecule has 1 heterocycles. The van der Waals surface area contributed by atoms with Gasteiger partial charge in [0.2, 0.25) is 0 Å². The zero-order chi connectivity index (χ0) is 24.3. The maximum Gasteiger partial charge on any atom is 0.332 e. The van der Waals surface area contributed by atoms with Crippen molar-refractivity contribution in [2.45, 2.75) is 44.6 Å². The number of amides is 1. The van der Waals surface area contributed by atoms with Crippen LogP contribution < -0.4 is 0 Å². The van der Waals surface area contributed by atoms with E-state index in [1.165, 1.54) is 7.11 Å². The lowest BCUT2D eigenvalue weighted by Crippen LogP contribution is -2.60. The number of carbonyl (C=O) groups excluding carboxylic acids is 4. The third-order valence-electron chi connectivity index (χ3n) is 7.37. The summed E-state index contributed by atoms with van der Waals surface area (Å²) >= 11 is 0. The van der Waals surface area contributed by atoms with Gasteiger partial charge >= 0.3 is 5.97 Å². The first-order valence-corrected chi connectivity index (χ1v) is 12.0. The smallest absolute Gasteiger partial charge is 0.332 e. The van der Waals surface area contributed by atoms with Crippen molar-refractivity contribution in [3.8, 4) is 0 Å². The second-order valence-electron chi connectivity index (χ2n) is 9.42. The van der Waals surface area contributed by atoms with Gasteiger partial charge in [-0.25, -0.2) is 4.79 Å². The molecule has 0 radical (unpaired) electrons. The number of likely N-dealkylation sites (tertiary alicyclic amines) is 1. The summed E-state index contributed by atoms with van der Waals surface area (Å²) in [4.78, 5) is 54.8. The van der Waals surface area contributed by atoms with Crippen molar-refractivity contribution in [2.75, 3.05) is 13.7 Å². The van der Waals surface area contributed by atoms with E-state index in [-0.39, 0.29) is 49.2 Å². The molecule has 1 aliphatic heterocycles. The van der Waals surface area contributed by atoms with Crippen LogP contribution in [0.1, 0.15) is 48.5 Å². The summed E-state index contributed by atoms with van der Waals surface area (Å²) in [5.74, 6) is -2.03. The van der Waals surface area contributed by atoms with Crippen LogP contribution in [-0.4, -0.2) is 47.5 Å². The van der Waals surface area contributed by atoms with E-state index in [9.17, 15) is 19.2 Å². The average molecular weight is 462 g/mol. The van der Waals surface area contributed by atoms with Crippen LogP contribution in [0.5, 0.6) is 0 Å². The number of nitrogens with zero attached hydrogens (tertiary/aromatic N) is 1. The number of ketones is 2. The van der Waals surface area contributed by atoms with E-state index in [1.807, 2.05) is 43.3 Å². The van der Waals surface area contributed by atoms with E-state index >= 15 is 0 Å². The summed E-state index contributed by atoms with van der Waals surface area (Å²) in [6.45, 7) is 2.21. The number of ether oxygens (including phenoxy) is 1. The first-order chi connectivity index (χ1) is 16.4. The molecule has 1 saturated carbocycles. The molecular weight excluding hydrogens is 430 g/mol. The Hall–Kier alpha value is -3.28. The lowest BCUT2D eigenvalue weighted by Gasteiger charge is -2.41. The number of esters is 1. The topological polar surface area (TPSA) is 80.8 Å². The third-order valence-corrected chi connectivity index (χ3v) is 7.37. The predicted octanol–water partition coefficient (Wildman–Crippen LogP) is 3.88. The van der Waals surface area contributed by atoms with Gasteiger partial charge in [-0.2, -0.15) is 0 Å². The molecule has 178 valence electrons. The standard InChI is InChI=1S/C28H31NO5/c1-3-10-22(30)16-23-24(31)15-21-18-29(26(32)20-13-8-5-9-14-20)28(25(21)23,27(33)34-2)17-19-11-6-4-7-12-19/h4-9,11-14,21,23,25H,3,10,15-18H2,1-2H3/t21-,23+,25+,28+/m0/s1. The largest absolute Gasteiger partial charge is 0.467 e. The maximum absolute atomic E-state index is 13.8. The van der Waals surface area contributed by atoms with Gasteiger partial charge in [0, 0.05) is 49.6 Å². The first-order valence-electron chi connectivity index (χ1n) is 12.0. The average Bonchev–Trinajstić information content (AvgIpc) is 3.33. The minimum absolute atomic E-state index is 0.00704. The van der Waals surface area contributed by atoms with Gasteiger partial charge in [-0.3, -0.25) is 14.4 Å². The van der Waals surface area contributed by atoms with Crippen molar-refractivity contribution in [1.29, 1.82) is 0 Å². The summed E-state index contributed by atoms with van der Waals surface area (Å²) in [7, 11) is 1.32. The van der Waals surface area contributed by atoms with Crippen molar-refractivity contribution < 1.29 is 23.9 Å². The highest BCUT2D eigenvalue weighted by atomic mass is 16.5. The number of hydrogen-bond acceptors (Lipinski definition) is 5. The molecule has 0 unspecified atom stereocenters. The van der Waals surface area contributed by atoms with Crippen LogP contribution in [0.4, 0.5) is 0 Å². The molecule has 4 rings (SSSR count). The van der Waals surface area contributed by atoms with Crippen LogP contribution in [-0.2, 0) is 25.5 Å². The molecule has 2 fully saturated rings. The Morgan fingerprint density at radius 2 is 1.68 bits per heavy atom. The van der Waals surface area contributed by atoms with Crippen molar-refractivity contribution in [2.24, 2.45) is 17.8 Å². The van der Waals surface area contributed by atoms with Crippen LogP contribution in [0.3, 0.4) is 0 Å². The molecule has 4 atom stereocenters. The lowest BCUT2D eigenvalue weighted by atomic mass is 9.71. The van der Waals surface area contributed by atoms with Crippen LogP contribution in [0, 0.1) is 17.8 Å². The Balaban J connectivity index is 1.84. The van der Waals surface area contributed by atoms with Crippen LogP contribution >= 0.6 is 0 Å². The van der Waals surface area contributed by atoms with Gasteiger partial charge in [0.1, 0.15) is 17.1 Å². The van der Waals surface area contributed by atoms with E-state index in [0.717, 1.165) is 5.56 Å². The number of benzene rings is 2. The number of methoxy groups -OCH3 is 1. The molecule has 0 aromatic heterocycles. The third kappa shape index (κ3) is 4.17. The number of rotatable bonds is 8. The summed E-state index contributed by atoms with van der Waals surface area (Å²) < 4.78 is 5.34. The van der Waals surface area contributed by atoms with Crippen LogP contribution in [0.15, 0.2) is 60.7 Å². The minimum atomic E-state index is -1.36. The van der Waals surface area contributed by atoms with Crippen LogP contribution in [0.25, 0.3) is 0 Å². The van der Waals surface area contributed by atoms with Crippen LogP contribution in [0.2, 0.25) is 0 Å². The van der Waals surface area contributed by atoms with Gasteiger partial charge in [-0.1, -0.05) is 55.5 Å². The summed E-state index contributed by atoms with van der Waals surface area (Å²) in [6.07, 6.45) is 1.71. The zero-order valence-corrected chi connectivity index (χ0v) is 19.7. The molecule has 34 heavy (non-hydrogen) atoms. The quantitative estimate of drug-likeness (QED) is 0.558. The fourth-order valence-corrected chi connectivity index (χ4v) is 6.03. The molecule has 1 amide bonds. The highest BCUT2D eigenvalue weighted by Crippen LogP contribution is 2.53. The number of fused-ring (bicyclic) bond motifs is 1. The number of Topliss-reactive ketones (excluding diaryl/α,β-unsaturated/α-hetero) is 2. The fourth-order valence-electron chi connectivity index (χ4n) is 6.03. The van der Waals surface area contributed by atoms with Crippen molar-refractivity contribution in [1.82, 2.24) is 4.90 Å². The Bertz CT molecular complexity index is 1070. The Kier molecular flexibility index (Phi) is 6.96. The molecule has 6 heteroatoms. The molecule has 2 aromatic rings. The van der Waals surface area contributed by atoms with Gasteiger partial charge in [-0.05, 0) is 30.0 Å². The van der Waals surface area contributed by atoms with Gasteiger partial charge < -0.3 is 9.64 Å². The molecule has 0 N–H and O–H groups in total. The monoisotopic (exact) mass is 461 g/mol. The second kappa shape index (κ2) is 9.92. The van der Waals surface area contributed by atoms with Gasteiger partial charge in [0.15, 0.2) is 0 Å². The van der Waals surface area contributed by atoms with E-state index in [4.69, 9.17) is 4.74 Å². The number of hydrogen-bond donors (Lipinski definition) is 0. The van der Waals surface area contributed by atoms with Crippen molar-refractivity contribution >= 4 is 23.4 Å². The first kappa shape index (κ1) is 23.9. The van der Waals surface area contributed by atoms with Gasteiger partial charge in [-0.15, -0.1) is 0 Å². The zero-order valence-electron chi connectivity index (χ0n) is 19.7. The van der Waals surface area contributed by atoms with E-state index in [2.05, 4.69) is 0 Å². The van der Waals surface area contributed by atoms with Crippen molar-refractivity contribution in [3.63, 3.8) is 0 Å². The van der Waals surface area contributed by atoms with Gasteiger partial charge in [0.05, 0.1) is 7.11 Å². The highest BCUT2D eigenvalue weighted by Gasteiger charge is 2.66. The molecule has 0 bridgehead atoms. The normalized spacial score (nSPS) is 25.8. The summed E-state index contributed by atoms with van der Waals surface area (Å²) in [5.41, 5.74) is -0.0112. The maximum atomic E-state index is 13.8. The fraction of sp³-hybridized carbons (Fsp3) is 0.429.